The molecule has 1 aliphatic heterocycles. The first-order chi connectivity index (χ1) is 10.5. The number of ether oxygens (including phenoxy) is 1. The smallest absolute Gasteiger partial charge is 0.305 e. The number of carboxylic acid groups (broad SMARTS) is 1. The van der Waals surface area contributed by atoms with Gasteiger partial charge in [-0.15, -0.1) is 0 Å². The summed E-state index contributed by atoms with van der Waals surface area (Å²) in [5.74, 6) is -0.390. The maximum Gasteiger partial charge on any atom is 0.305 e. The van der Waals surface area contributed by atoms with Crippen LogP contribution in [0.1, 0.15) is 31.2 Å². The maximum atomic E-state index is 12.4. The highest BCUT2D eigenvalue weighted by molar-refractivity contribution is 9.10. The van der Waals surface area contributed by atoms with Gasteiger partial charge in [0.25, 0.3) is 5.91 Å². The Morgan fingerprint density at radius 1 is 1.36 bits per heavy atom. The molecule has 1 amide bonds. The fraction of sp³-hybridized carbons (Fsp3) is 0.375. The largest absolute Gasteiger partial charge is 0.488 e. The molecule has 1 aromatic rings. The number of benzene rings is 1. The fourth-order valence-electron chi connectivity index (χ4n) is 2.84. The van der Waals surface area contributed by atoms with E-state index in [4.69, 9.17) is 9.84 Å². The second-order valence-corrected chi connectivity index (χ2v) is 6.71. The van der Waals surface area contributed by atoms with Gasteiger partial charge in [-0.3, -0.25) is 9.59 Å². The Balaban J connectivity index is 1.77. The van der Waals surface area contributed by atoms with Crippen LogP contribution in [0, 0.1) is 0 Å². The Labute approximate surface area is 136 Å². The van der Waals surface area contributed by atoms with Crippen LogP contribution in [-0.2, 0) is 9.59 Å². The number of hydrogen-bond acceptors (Lipinski definition) is 3. The molecule has 1 fully saturated rings. The molecule has 0 spiro atoms. The normalized spacial score (nSPS) is 18.3. The van der Waals surface area contributed by atoms with E-state index in [0.29, 0.717) is 18.4 Å². The average Bonchev–Trinajstić information content (AvgIpc) is 2.43. The van der Waals surface area contributed by atoms with E-state index < -0.39 is 11.5 Å². The molecule has 0 bridgehead atoms. The van der Waals surface area contributed by atoms with E-state index in [9.17, 15) is 9.59 Å². The zero-order chi connectivity index (χ0) is 15.7. The van der Waals surface area contributed by atoms with E-state index in [1.165, 1.54) is 0 Å². The van der Waals surface area contributed by atoms with Gasteiger partial charge in [0.1, 0.15) is 12.4 Å². The third kappa shape index (κ3) is 3.02. The summed E-state index contributed by atoms with van der Waals surface area (Å²) in [6.07, 6.45) is 4.13. The molecule has 0 atom stereocenters. The minimum absolute atomic E-state index is 0.0327. The number of rotatable bonds is 4. The third-order valence-electron chi connectivity index (χ3n) is 4.16. The Kier molecular flexibility index (Phi) is 3.95. The highest BCUT2D eigenvalue weighted by Gasteiger charge is 2.41. The Morgan fingerprint density at radius 3 is 2.77 bits per heavy atom. The van der Waals surface area contributed by atoms with E-state index in [-0.39, 0.29) is 18.9 Å². The number of nitrogens with one attached hydrogen (secondary N) is 1. The molecule has 0 aromatic heterocycles. The molecule has 5 nitrogen and oxygen atoms in total. The van der Waals surface area contributed by atoms with Crippen molar-refractivity contribution in [1.82, 2.24) is 5.32 Å². The minimum atomic E-state index is -0.886. The molecule has 0 unspecified atom stereocenters. The van der Waals surface area contributed by atoms with Gasteiger partial charge in [-0.25, -0.2) is 0 Å². The van der Waals surface area contributed by atoms with E-state index in [2.05, 4.69) is 21.2 Å². The number of carbonyl (C=O) groups is 2. The van der Waals surface area contributed by atoms with Gasteiger partial charge in [0.15, 0.2) is 0 Å². The second kappa shape index (κ2) is 5.76. The summed E-state index contributed by atoms with van der Waals surface area (Å²) in [5.41, 5.74) is 0.760. The lowest BCUT2D eigenvalue weighted by molar-refractivity contribution is -0.140. The molecule has 1 saturated carbocycles. The number of aliphatic carboxylic acids is 1. The quantitative estimate of drug-likeness (QED) is 0.859. The van der Waals surface area contributed by atoms with E-state index >= 15 is 0 Å². The third-order valence-corrected chi connectivity index (χ3v) is 4.65. The average molecular weight is 366 g/mol. The van der Waals surface area contributed by atoms with Crippen LogP contribution >= 0.6 is 15.9 Å². The first-order valence-corrected chi connectivity index (χ1v) is 7.94. The van der Waals surface area contributed by atoms with Crippen molar-refractivity contribution in [3.05, 3.63) is 33.8 Å². The van der Waals surface area contributed by atoms with Crippen molar-refractivity contribution in [3.63, 3.8) is 0 Å². The van der Waals surface area contributed by atoms with Crippen molar-refractivity contribution < 1.29 is 19.4 Å². The molecule has 2 aliphatic rings. The van der Waals surface area contributed by atoms with Gasteiger partial charge >= 0.3 is 5.97 Å². The SMILES string of the molecule is O=C(O)CC1(NC(=O)C2=Cc3cc(Br)ccc3OC2)CCC1. The molecular weight excluding hydrogens is 350 g/mol. The summed E-state index contributed by atoms with van der Waals surface area (Å²) in [4.78, 5) is 23.4. The first-order valence-electron chi connectivity index (χ1n) is 7.15. The van der Waals surface area contributed by atoms with E-state index in [1.54, 1.807) is 6.08 Å². The first kappa shape index (κ1) is 15.1. The minimum Gasteiger partial charge on any atom is -0.488 e. The van der Waals surface area contributed by atoms with Crippen molar-refractivity contribution in [2.24, 2.45) is 0 Å². The molecule has 2 N–H and O–H groups in total. The molecule has 116 valence electrons. The molecule has 1 heterocycles. The number of amides is 1. The zero-order valence-corrected chi connectivity index (χ0v) is 13.5. The van der Waals surface area contributed by atoms with Crippen LogP contribution in [0.5, 0.6) is 5.75 Å². The Hall–Kier alpha value is -1.82. The number of carbonyl (C=O) groups excluding carboxylic acids is 1. The summed E-state index contributed by atoms with van der Waals surface area (Å²) in [7, 11) is 0. The number of halogens is 1. The molecule has 0 saturated heterocycles. The lowest BCUT2D eigenvalue weighted by Gasteiger charge is -2.41. The number of fused-ring (bicyclic) bond motifs is 1. The summed E-state index contributed by atoms with van der Waals surface area (Å²) in [6, 6.07) is 5.62. The molecule has 1 aromatic carbocycles. The van der Waals surface area contributed by atoms with Gasteiger partial charge in [0.2, 0.25) is 0 Å². The lowest BCUT2D eigenvalue weighted by Crippen LogP contribution is -2.55. The van der Waals surface area contributed by atoms with Crippen LogP contribution in [0.2, 0.25) is 0 Å². The van der Waals surface area contributed by atoms with Gasteiger partial charge in [-0.1, -0.05) is 15.9 Å². The van der Waals surface area contributed by atoms with Crippen LogP contribution < -0.4 is 10.1 Å². The van der Waals surface area contributed by atoms with Crippen LogP contribution in [0.4, 0.5) is 0 Å². The monoisotopic (exact) mass is 365 g/mol. The highest BCUT2D eigenvalue weighted by Crippen LogP contribution is 2.36. The number of hydrogen-bond donors (Lipinski definition) is 2. The van der Waals surface area contributed by atoms with Gasteiger partial charge < -0.3 is 15.2 Å². The topological polar surface area (TPSA) is 75.6 Å². The summed E-state index contributed by atoms with van der Waals surface area (Å²) < 4.78 is 6.50. The van der Waals surface area contributed by atoms with Crippen LogP contribution in [0.15, 0.2) is 28.2 Å². The van der Waals surface area contributed by atoms with Crippen molar-refractivity contribution in [1.29, 1.82) is 0 Å². The van der Waals surface area contributed by atoms with E-state index in [0.717, 1.165) is 22.2 Å². The van der Waals surface area contributed by atoms with Gasteiger partial charge in [0, 0.05) is 10.0 Å². The van der Waals surface area contributed by atoms with Crippen molar-refractivity contribution >= 4 is 33.9 Å². The molecule has 0 radical (unpaired) electrons. The second-order valence-electron chi connectivity index (χ2n) is 5.80. The predicted octanol–water partition coefficient (Wildman–Crippen LogP) is 2.74. The van der Waals surface area contributed by atoms with Gasteiger partial charge in [-0.05, 0) is 43.5 Å². The molecule has 1 aliphatic carbocycles. The zero-order valence-electron chi connectivity index (χ0n) is 11.9. The van der Waals surface area contributed by atoms with Crippen molar-refractivity contribution in [2.75, 3.05) is 6.61 Å². The summed E-state index contributed by atoms with van der Waals surface area (Å²) in [5, 5.41) is 11.9. The lowest BCUT2D eigenvalue weighted by atomic mass is 9.74. The molecule has 3 rings (SSSR count). The van der Waals surface area contributed by atoms with Crippen molar-refractivity contribution in [2.45, 2.75) is 31.2 Å². The van der Waals surface area contributed by atoms with Crippen LogP contribution in [-0.4, -0.2) is 29.1 Å². The Bertz CT molecular complexity index is 664. The Morgan fingerprint density at radius 2 is 2.14 bits per heavy atom. The van der Waals surface area contributed by atoms with Gasteiger partial charge in [0.05, 0.1) is 17.5 Å². The standard InChI is InChI=1S/C16H16BrNO4/c17-12-2-3-13-10(7-12)6-11(9-22-13)15(21)18-16(4-1-5-16)8-14(19)20/h2-3,6-7H,1,4-5,8-9H2,(H,18,21)(H,19,20). The fourth-order valence-corrected chi connectivity index (χ4v) is 3.22. The molecule has 22 heavy (non-hydrogen) atoms. The van der Waals surface area contributed by atoms with Crippen molar-refractivity contribution in [3.8, 4) is 5.75 Å². The highest BCUT2D eigenvalue weighted by atomic mass is 79.9. The van der Waals surface area contributed by atoms with Crippen LogP contribution in [0.3, 0.4) is 0 Å². The van der Waals surface area contributed by atoms with Crippen LogP contribution in [0.25, 0.3) is 6.08 Å². The summed E-state index contributed by atoms with van der Waals surface area (Å²) in [6.45, 7) is 0.198. The summed E-state index contributed by atoms with van der Waals surface area (Å²) >= 11 is 3.39. The van der Waals surface area contributed by atoms with Gasteiger partial charge in [-0.2, -0.15) is 0 Å². The predicted molar refractivity (Wildman–Crippen MR) is 84.6 cm³/mol. The maximum absolute atomic E-state index is 12.4. The number of carboxylic acids is 1. The van der Waals surface area contributed by atoms with E-state index in [1.807, 2.05) is 18.2 Å². The molecule has 6 heteroatoms. The molecular formula is C16H16BrNO4.